The maximum atomic E-state index is 13.7. The fourth-order valence-electron chi connectivity index (χ4n) is 2.98. The van der Waals surface area contributed by atoms with Crippen molar-refractivity contribution in [3.8, 4) is 0 Å². The Balaban J connectivity index is 1.87. The molecule has 0 aliphatic carbocycles. The molecule has 2 fully saturated rings. The average molecular weight is 256 g/mol. The van der Waals surface area contributed by atoms with Gasteiger partial charge in [0, 0.05) is 37.8 Å². The van der Waals surface area contributed by atoms with Crippen molar-refractivity contribution < 1.29 is 13.2 Å². The van der Waals surface area contributed by atoms with Crippen LogP contribution in [0.4, 0.5) is 18.9 Å². The molecule has 3 rings (SSSR count). The van der Waals surface area contributed by atoms with Crippen LogP contribution in [0.15, 0.2) is 12.1 Å². The van der Waals surface area contributed by atoms with Crippen LogP contribution >= 0.6 is 0 Å². The highest BCUT2D eigenvalue weighted by Crippen LogP contribution is 2.28. The molecule has 0 spiro atoms. The number of hydrogen-bond donors (Lipinski definition) is 0. The molecule has 0 saturated carbocycles. The van der Waals surface area contributed by atoms with Gasteiger partial charge in [-0.3, -0.25) is 4.90 Å². The molecule has 1 unspecified atom stereocenters. The van der Waals surface area contributed by atoms with Crippen molar-refractivity contribution in [3.63, 3.8) is 0 Å². The summed E-state index contributed by atoms with van der Waals surface area (Å²) in [5.74, 6) is -2.78. The summed E-state index contributed by atoms with van der Waals surface area (Å²) in [4.78, 5) is 4.12. The fraction of sp³-hybridized carbons (Fsp3) is 0.538. The summed E-state index contributed by atoms with van der Waals surface area (Å²) in [6.07, 6.45) is 2.23. The lowest BCUT2D eigenvalue weighted by Gasteiger charge is -2.38. The molecule has 2 saturated heterocycles. The average Bonchev–Trinajstić information content (AvgIpc) is 2.80. The third kappa shape index (κ3) is 1.96. The van der Waals surface area contributed by atoms with E-state index in [1.165, 1.54) is 0 Å². The molecule has 98 valence electrons. The largest absolute Gasteiger partial charge is 0.366 e. The number of benzene rings is 1. The van der Waals surface area contributed by atoms with E-state index in [1.807, 2.05) is 0 Å². The number of nitrogens with zero attached hydrogens (tertiary/aromatic N) is 2. The lowest BCUT2D eigenvalue weighted by molar-refractivity contribution is 0.230. The third-order valence-electron chi connectivity index (χ3n) is 3.90. The zero-order chi connectivity index (χ0) is 12.7. The van der Waals surface area contributed by atoms with Gasteiger partial charge in [0.05, 0.1) is 5.69 Å². The second-order valence-corrected chi connectivity index (χ2v) is 5.00. The van der Waals surface area contributed by atoms with Crippen molar-refractivity contribution in [3.05, 3.63) is 29.6 Å². The summed E-state index contributed by atoms with van der Waals surface area (Å²) in [5.41, 5.74) is 0.0547. The standard InChI is InChI=1S/C13H15F3N2/c14-9-6-11(15)13(16)12(7-9)18-5-4-17-3-1-2-10(17)8-18/h6-7,10H,1-5,8H2. The zero-order valence-electron chi connectivity index (χ0n) is 10.0. The minimum atomic E-state index is -1.11. The molecule has 0 amide bonds. The highest BCUT2D eigenvalue weighted by atomic mass is 19.2. The predicted octanol–water partition coefficient (Wildman–Crippen LogP) is 2.39. The monoisotopic (exact) mass is 256 g/mol. The van der Waals surface area contributed by atoms with Gasteiger partial charge in [-0.25, -0.2) is 13.2 Å². The van der Waals surface area contributed by atoms with Crippen LogP contribution < -0.4 is 4.90 Å². The topological polar surface area (TPSA) is 6.48 Å². The van der Waals surface area contributed by atoms with Crippen LogP contribution in [0, 0.1) is 17.5 Å². The van der Waals surface area contributed by atoms with Crippen molar-refractivity contribution in [2.45, 2.75) is 18.9 Å². The SMILES string of the molecule is Fc1cc(F)c(F)c(N2CCN3CCCC3C2)c1. The first-order chi connectivity index (χ1) is 8.65. The fourth-order valence-corrected chi connectivity index (χ4v) is 2.98. The Morgan fingerprint density at radius 2 is 1.89 bits per heavy atom. The normalized spacial score (nSPS) is 24.4. The first kappa shape index (κ1) is 11.8. The molecule has 2 aliphatic heterocycles. The molecule has 0 radical (unpaired) electrons. The van der Waals surface area contributed by atoms with Gasteiger partial charge in [-0.1, -0.05) is 0 Å². The van der Waals surface area contributed by atoms with E-state index in [0.29, 0.717) is 25.2 Å². The lowest BCUT2D eigenvalue weighted by Crippen LogP contribution is -2.50. The lowest BCUT2D eigenvalue weighted by atomic mass is 10.1. The van der Waals surface area contributed by atoms with E-state index < -0.39 is 17.5 Å². The molecule has 0 bridgehead atoms. The van der Waals surface area contributed by atoms with E-state index in [0.717, 1.165) is 32.0 Å². The molecule has 0 N–H and O–H groups in total. The molecule has 0 aromatic heterocycles. The first-order valence-electron chi connectivity index (χ1n) is 6.28. The van der Waals surface area contributed by atoms with Crippen LogP contribution in [-0.4, -0.2) is 37.1 Å². The van der Waals surface area contributed by atoms with E-state index in [9.17, 15) is 13.2 Å². The molecule has 1 atom stereocenters. The van der Waals surface area contributed by atoms with Crippen LogP contribution in [0.5, 0.6) is 0 Å². The molecule has 2 nitrogen and oxygen atoms in total. The van der Waals surface area contributed by atoms with E-state index in [4.69, 9.17) is 0 Å². The number of anilines is 1. The summed E-state index contributed by atoms with van der Waals surface area (Å²) in [6.45, 7) is 3.19. The van der Waals surface area contributed by atoms with Gasteiger partial charge >= 0.3 is 0 Å². The van der Waals surface area contributed by atoms with Crippen molar-refractivity contribution in [2.75, 3.05) is 31.1 Å². The summed E-state index contributed by atoms with van der Waals surface area (Å²) in [5, 5.41) is 0. The Kier molecular flexibility index (Phi) is 2.93. The number of hydrogen-bond acceptors (Lipinski definition) is 2. The molecule has 1 aromatic carbocycles. The highest BCUT2D eigenvalue weighted by Gasteiger charge is 2.32. The molecule has 1 aromatic rings. The Morgan fingerprint density at radius 3 is 2.72 bits per heavy atom. The van der Waals surface area contributed by atoms with E-state index >= 15 is 0 Å². The van der Waals surface area contributed by atoms with Crippen molar-refractivity contribution in [1.29, 1.82) is 0 Å². The molecular weight excluding hydrogens is 241 g/mol. The highest BCUT2D eigenvalue weighted by molar-refractivity contribution is 5.49. The van der Waals surface area contributed by atoms with E-state index in [-0.39, 0.29) is 5.69 Å². The van der Waals surface area contributed by atoms with Gasteiger partial charge in [-0.15, -0.1) is 0 Å². The van der Waals surface area contributed by atoms with Gasteiger partial charge in [0.25, 0.3) is 0 Å². The van der Waals surface area contributed by atoms with Crippen LogP contribution in [0.1, 0.15) is 12.8 Å². The second-order valence-electron chi connectivity index (χ2n) is 5.00. The van der Waals surface area contributed by atoms with Crippen LogP contribution in [0.25, 0.3) is 0 Å². The molecular formula is C13H15F3N2. The van der Waals surface area contributed by atoms with E-state index in [2.05, 4.69) is 4.90 Å². The van der Waals surface area contributed by atoms with Crippen LogP contribution in [0.2, 0.25) is 0 Å². The van der Waals surface area contributed by atoms with Crippen molar-refractivity contribution in [2.24, 2.45) is 0 Å². The number of piperazine rings is 1. The molecule has 5 heteroatoms. The summed E-state index contributed by atoms with van der Waals surface area (Å²) < 4.78 is 40.1. The summed E-state index contributed by atoms with van der Waals surface area (Å²) in [7, 11) is 0. The number of rotatable bonds is 1. The Morgan fingerprint density at radius 1 is 1.06 bits per heavy atom. The minimum absolute atomic E-state index is 0.0547. The maximum absolute atomic E-state index is 13.7. The van der Waals surface area contributed by atoms with Gasteiger partial charge in [0.15, 0.2) is 11.6 Å². The predicted molar refractivity (Wildman–Crippen MR) is 63.1 cm³/mol. The van der Waals surface area contributed by atoms with Gasteiger partial charge in [-0.05, 0) is 19.4 Å². The van der Waals surface area contributed by atoms with Gasteiger partial charge < -0.3 is 4.90 Å². The van der Waals surface area contributed by atoms with Crippen LogP contribution in [-0.2, 0) is 0 Å². The number of fused-ring (bicyclic) bond motifs is 1. The third-order valence-corrected chi connectivity index (χ3v) is 3.90. The van der Waals surface area contributed by atoms with E-state index in [1.54, 1.807) is 4.90 Å². The second kappa shape index (κ2) is 4.46. The maximum Gasteiger partial charge on any atom is 0.182 e. The Labute approximate surface area is 104 Å². The smallest absolute Gasteiger partial charge is 0.182 e. The molecule has 18 heavy (non-hydrogen) atoms. The first-order valence-corrected chi connectivity index (χ1v) is 6.28. The van der Waals surface area contributed by atoms with Crippen LogP contribution in [0.3, 0.4) is 0 Å². The Bertz CT molecular complexity index is 464. The molecule has 2 aliphatic rings. The molecule has 2 heterocycles. The summed E-state index contributed by atoms with van der Waals surface area (Å²) in [6, 6.07) is 2.07. The zero-order valence-corrected chi connectivity index (χ0v) is 10.0. The van der Waals surface area contributed by atoms with Crippen molar-refractivity contribution >= 4 is 5.69 Å². The Hall–Kier alpha value is -1.23. The quantitative estimate of drug-likeness (QED) is 0.712. The number of halogens is 3. The van der Waals surface area contributed by atoms with Gasteiger partial charge in [0.1, 0.15) is 5.82 Å². The minimum Gasteiger partial charge on any atom is -0.366 e. The summed E-state index contributed by atoms with van der Waals surface area (Å²) >= 11 is 0. The van der Waals surface area contributed by atoms with Gasteiger partial charge in [-0.2, -0.15) is 0 Å². The van der Waals surface area contributed by atoms with Crippen molar-refractivity contribution in [1.82, 2.24) is 4.90 Å². The van der Waals surface area contributed by atoms with Gasteiger partial charge in [0.2, 0.25) is 0 Å².